The van der Waals surface area contributed by atoms with E-state index in [-0.39, 0.29) is 0 Å². The molecule has 0 aliphatic rings. The molecular formula is C32H38N2. The van der Waals surface area contributed by atoms with Gasteiger partial charge in [0.15, 0.2) is 0 Å². The molecule has 0 aliphatic heterocycles. The molecule has 0 radical (unpaired) electrons. The van der Waals surface area contributed by atoms with Gasteiger partial charge in [0.1, 0.15) is 0 Å². The summed E-state index contributed by atoms with van der Waals surface area (Å²) in [5, 5.41) is 6.88. The molecule has 0 bridgehead atoms. The van der Waals surface area contributed by atoms with E-state index in [1.165, 1.54) is 27.8 Å². The predicted molar refractivity (Wildman–Crippen MR) is 147 cm³/mol. The fourth-order valence-corrected chi connectivity index (χ4v) is 4.26. The van der Waals surface area contributed by atoms with Crippen molar-refractivity contribution in [2.75, 3.05) is 6.54 Å². The van der Waals surface area contributed by atoms with Gasteiger partial charge in [-0.2, -0.15) is 0 Å². The van der Waals surface area contributed by atoms with Crippen molar-refractivity contribution in [2.45, 2.75) is 39.2 Å². The number of hydrogen-bond acceptors (Lipinski definition) is 2. The van der Waals surface area contributed by atoms with E-state index in [9.17, 15) is 0 Å². The Hall–Kier alpha value is -3.52. The maximum absolute atomic E-state index is 4.32. The number of rotatable bonds is 14. The van der Waals surface area contributed by atoms with Gasteiger partial charge in [0.2, 0.25) is 0 Å². The number of allylic oxidation sites excluding steroid dienone is 2. The molecule has 2 nitrogen and oxygen atoms in total. The smallest absolute Gasteiger partial charge is 0.0538 e. The van der Waals surface area contributed by atoms with Crippen molar-refractivity contribution in [1.82, 2.24) is 10.6 Å². The zero-order valence-corrected chi connectivity index (χ0v) is 20.5. The van der Waals surface area contributed by atoms with Gasteiger partial charge in [-0.15, -0.1) is 6.58 Å². The average Bonchev–Trinajstić information content (AvgIpc) is 2.86. The van der Waals surface area contributed by atoms with E-state index < -0.39 is 0 Å². The number of nitrogens with one attached hydrogen (secondary N) is 2. The van der Waals surface area contributed by atoms with Crippen LogP contribution in [0.3, 0.4) is 0 Å². The van der Waals surface area contributed by atoms with E-state index in [1.54, 1.807) is 0 Å². The molecule has 2 N–H and O–H groups in total. The molecule has 3 aromatic rings. The van der Waals surface area contributed by atoms with Crippen molar-refractivity contribution in [1.29, 1.82) is 0 Å². The molecule has 0 saturated carbocycles. The van der Waals surface area contributed by atoms with Gasteiger partial charge in [0, 0.05) is 23.9 Å². The molecule has 0 saturated heterocycles. The highest BCUT2D eigenvalue weighted by Crippen LogP contribution is 2.25. The highest BCUT2D eigenvalue weighted by Gasteiger charge is 2.12. The first-order valence-electron chi connectivity index (χ1n) is 12.2. The lowest BCUT2D eigenvalue weighted by molar-refractivity contribution is 0.509. The first kappa shape index (κ1) is 25.1. The van der Waals surface area contributed by atoms with Gasteiger partial charge in [-0.25, -0.2) is 0 Å². The highest BCUT2D eigenvalue weighted by atomic mass is 15.0. The van der Waals surface area contributed by atoms with Crippen molar-refractivity contribution in [3.05, 3.63) is 133 Å². The second-order valence-corrected chi connectivity index (χ2v) is 8.95. The summed E-state index contributed by atoms with van der Waals surface area (Å²) < 4.78 is 0. The van der Waals surface area contributed by atoms with Crippen molar-refractivity contribution < 1.29 is 0 Å². The fraction of sp³-hybridized carbons (Fsp3) is 0.250. The molecule has 0 fully saturated rings. The Morgan fingerprint density at radius 3 is 2.26 bits per heavy atom. The minimum Gasteiger partial charge on any atom is -0.383 e. The van der Waals surface area contributed by atoms with Crippen LogP contribution in [0.25, 0.3) is 11.1 Å². The Balaban J connectivity index is 1.45. The Bertz CT molecular complexity index is 1070. The zero-order valence-electron chi connectivity index (χ0n) is 20.5. The standard InChI is InChI=1S/C32H38N2/c1-5-13-30(27(4)34-23-26(3)33-24-29-14-8-6-9-15-29)19-12-16-28-20-21-32(25(2)22-28)31-17-10-7-11-18-31/h5-11,14-15,17-18,20-22,30,33-34H,1,3-4,12-13,16,19,23-24H2,2H3. The van der Waals surface area contributed by atoms with Crippen LogP contribution in [0.1, 0.15) is 36.0 Å². The van der Waals surface area contributed by atoms with Crippen LogP contribution in [0.15, 0.2) is 116 Å². The Kier molecular flexibility index (Phi) is 9.79. The van der Waals surface area contributed by atoms with Crippen LogP contribution in [0, 0.1) is 12.8 Å². The van der Waals surface area contributed by atoms with E-state index in [2.05, 4.69) is 110 Å². The molecule has 0 aliphatic carbocycles. The Morgan fingerprint density at radius 2 is 1.59 bits per heavy atom. The van der Waals surface area contributed by atoms with E-state index in [4.69, 9.17) is 0 Å². The number of hydrogen-bond donors (Lipinski definition) is 2. The minimum atomic E-state index is 0.379. The van der Waals surface area contributed by atoms with Crippen LogP contribution in [0.4, 0.5) is 0 Å². The summed E-state index contributed by atoms with van der Waals surface area (Å²) in [4.78, 5) is 0. The summed E-state index contributed by atoms with van der Waals surface area (Å²) in [5.41, 5.74) is 8.60. The van der Waals surface area contributed by atoms with Gasteiger partial charge in [0.05, 0.1) is 6.54 Å². The lowest BCUT2D eigenvalue weighted by Gasteiger charge is -2.21. The van der Waals surface area contributed by atoms with Crippen molar-refractivity contribution >= 4 is 0 Å². The predicted octanol–water partition coefficient (Wildman–Crippen LogP) is 7.58. The lowest BCUT2D eigenvalue weighted by Crippen LogP contribution is -2.26. The van der Waals surface area contributed by atoms with Gasteiger partial charge >= 0.3 is 0 Å². The average molecular weight is 451 g/mol. The van der Waals surface area contributed by atoms with Gasteiger partial charge in [-0.1, -0.05) is 98.1 Å². The van der Waals surface area contributed by atoms with Crippen molar-refractivity contribution in [3.8, 4) is 11.1 Å². The van der Waals surface area contributed by atoms with Crippen LogP contribution in [0.5, 0.6) is 0 Å². The van der Waals surface area contributed by atoms with E-state index in [0.717, 1.165) is 43.6 Å². The SMILES string of the molecule is C=CCC(CCCc1ccc(-c2ccccc2)c(C)c1)C(=C)NCC(=C)NCc1ccccc1. The Morgan fingerprint density at radius 1 is 0.882 bits per heavy atom. The molecule has 2 heteroatoms. The van der Waals surface area contributed by atoms with E-state index in [0.29, 0.717) is 12.5 Å². The molecular weight excluding hydrogens is 412 g/mol. The second-order valence-electron chi connectivity index (χ2n) is 8.95. The summed E-state index contributed by atoms with van der Waals surface area (Å²) in [7, 11) is 0. The summed E-state index contributed by atoms with van der Waals surface area (Å²) in [6.45, 7) is 16.1. The quantitative estimate of drug-likeness (QED) is 0.247. The monoisotopic (exact) mass is 450 g/mol. The zero-order chi connectivity index (χ0) is 24.2. The first-order valence-corrected chi connectivity index (χ1v) is 12.2. The van der Waals surface area contributed by atoms with Crippen LogP contribution >= 0.6 is 0 Å². The third-order valence-corrected chi connectivity index (χ3v) is 6.25. The van der Waals surface area contributed by atoms with E-state index in [1.807, 2.05) is 12.1 Å². The normalized spacial score (nSPS) is 11.4. The lowest BCUT2D eigenvalue weighted by atomic mass is 9.92. The molecule has 1 atom stereocenters. The highest BCUT2D eigenvalue weighted by molar-refractivity contribution is 5.67. The molecule has 176 valence electrons. The summed E-state index contributed by atoms with van der Waals surface area (Å²) in [6, 6.07) is 27.8. The molecule has 0 amide bonds. The van der Waals surface area contributed by atoms with Crippen LogP contribution in [-0.4, -0.2) is 6.54 Å². The molecule has 3 rings (SSSR count). The van der Waals surface area contributed by atoms with Crippen LogP contribution in [-0.2, 0) is 13.0 Å². The molecule has 0 aromatic heterocycles. The molecule has 0 heterocycles. The van der Waals surface area contributed by atoms with Gasteiger partial charge in [-0.05, 0) is 60.4 Å². The minimum absolute atomic E-state index is 0.379. The second kappa shape index (κ2) is 13.3. The first-order chi connectivity index (χ1) is 16.6. The molecule has 34 heavy (non-hydrogen) atoms. The molecule has 3 aromatic carbocycles. The third kappa shape index (κ3) is 7.81. The summed E-state index contributed by atoms with van der Waals surface area (Å²) in [6.07, 6.45) is 6.21. The fourth-order valence-electron chi connectivity index (χ4n) is 4.26. The van der Waals surface area contributed by atoms with Gasteiger partial charge < -0.3 is 10.6 Å². The molecule has 0 spiro atoms. The van der Waals surface area contributed by atoms with Gasteiger partial charge in [0.25, 0.3) is 0 Å². The maximum Gasteiger partial charge on any atom is 0.0538 e. The van der Waals surface area contributed by atoms with Gasteiger partial charge in [-0.3, -0.25) is 0 Å². The maximum atomic E-state index is 4.32. The largest absolute Gasteiger partial charge is 0.383 e. The van der Waals surface area contributed by atoms with Crippen LogP contribution in [0.2, 0.25) is 0 Å². The summed E-state index contributed by atoms with van der Waals surface area (Å²) >= 11 is 0. The molecule has 1 unspecified atom stereocenters. The van der Waals surface area contributed by atoms with E-state index >= 15 is 0 Å². The van der Waals surface area contributed by atoms with Crippen molar-refractivity contribution in [3.63, 3.8) is 0 Å². The number of aryl methyl sites for hydroxylation is 2. The topological polar surface area (TPSA) is 24.1 Å². The number of benzene rings is 3. The Labute approximate surface area is 206 Å². The van der Waals surface area contributed by atoms with Crippen LogP contribution < -0.4 is 10.6 Å². The van der Waals surface area contributed by atoms with Crippen molar-refractivity contribution in [2.24, 2.45) is 5.92 Å². The third-order valence-electron chi connectivity index (χ3n) is 6.25. The summed E-state index contributed by atoms with van der Waals surface area (Å²) in [5.74, 6) is 0.379.